The van der Waals surface area contributed by atoms with Gasteiger partial charge in [-0.3, -0.25) is 0 Å². The second-order valence-corrected chi connectivity index (χ2v) is 5.65. The van der Waals surface area contributed by atoms with E-state index in [0.717, 1.165) is 15.2 Å². The Morgan fingerprint density at radius 2 is 2.50 bits per heavy atom. The summed E-state index contributed by atoms with van der Waals surface area (Å²) in [6.45, 7) is 0. The summed E-state index contributed by atoms with van der Waals surface area (Å²) in [6.07, 6.45) is 4.40. The largest absolute Gasteiger partial charge is 0.372 e. The number of thioether (sulfide) groups is 1. The molecular formula is C9H12IN3S. The Morgan fingerprint density at radius 3 is 3.14 bits per heavy atom. The molecule has 1 fully saturated rings. The number of nitrogens with one attached hydrogen (secondary N) is 1. The molecule has 2 heterocycles. The van der Waals surface area contributed by atoms with Crippen molar-refractivity contribution in [2.75, 3.05) is 18.1 Å². The standard InChI is InChI=1S/C9H12IN3S/c1-11-8-6(10)5-12-9(13-8)7-3-2-4-14-7/h5,7H,2-4H2,1H3,(H,11,12,13). The van der Waals surface area contributed by atoms with Gasteiger partial charge in [0.1, 0.15) is 11.6 Å². The van der Waals surface area contributed by atoms with Gasteiger partial charge in [0.25, 0.3) is 0 Å². The van der Waals surface area contributed by atoms with Gasteiger partial charge in [-0.05, 0) is 41.2 Å². The molecule has 1 aromatic rings. The molecule has 1 N–H and O–H groups in total. The van der Waals surface area contributed by atoms with E-state index in [4.69, 9.17) is 0 Å². The Hall–Kier alpha value is -0.0400. The third-order valence-electron chi connectivity index (χ3n) is 2.22. The smallest absolute Gasteiger partial charge is 0.143 e. The summed E-state index contributed by atoms with van der Waals surface area (Å²) >= 11 is 4.21. The normalized spacial score (nSPS) is 21.1. The third kappa shape index (κ3) is 2.13. The van der Waals surface area contributed by atoms with Crippen molar-refractivity contribution in [3.05, 3.63) is 15.6 Å². The van der Waals surface area contributed by atoms with Crippen LogP contribution in [0.4, 0.5) is 5.82 Å². The molecule has 1 aromatic heterocycles. The maximum Gasteiger partial charge on any atom is 0.143 e. The van der Waals surface area contributed by atoms with Gasteiger partial charge in [-0.25, -0.2) is 9.97 Å². The van der Waals surface area contributed by atoms with Crippen molar-refractivity contribution in [2.24, 2.45) is 0 Å². The minimum atomic E-state index is 0.513. The summed E-state index contributed by atoms with van der Waals surface area (Å²) in [5.74, 6) is 3.18. The average Bonchev–Trinajstić information content (AvgIpc) is 2.71. The number of aromatic nitrogens is 2. The molecule has 76 valence electrons. The Morgan fingerprint density at radius 1 is 1.64 bits per heavy atom. The van der Waals surface area contributed by atoms with Gasteiger partial charge in [-0.2, -0.15) is 11.8 Å². The molecule has 0 bridgehead atoms. The monoisotopic (exact) mass is 321 g/mol. The van der Waals surface area contributed by atoms with Crippen LogP contribution in [0.1, 0.15) is 23.9 Å². The fraction of sp³-hybridized carbons (Fsp3) is 0.556. The van der Waals surface area contributed by atoms with E-state index in [1.807, 2.05) is 25.0 Å². The second-order valence-electron chi connectivity index (χ2n) is 3.18. The predicted octanol–water partition coefficient (Wildman–Crippen LogP) is 2.69. The molecule has 1 aliphatic rings. The summed E-state index contributed by atoms with van der Waals surface area (Å²) in [5.41, 5.74) is 0. The van der Waals surface area contributed by atoms with Crippen molar-refractivity contribution in [3.63, 3.8) is 0 Å². The number of anilines is 1. The first-order valence-corrected chi connectivity index (χ1v) is 6.76. The Balaban J connectivity index is 2.25. The summed E-state index contributed by atoms with van der Waals surface area (Å²) in [6, 6.07) is 0. The lowest BCUT2D eigenvalue weighted by Gasteiger charge is -2.09. The first-order chi connectivity index (χ1) is 6.81. The van der Waals surface area contributed by atoms with Gasteiger partial charge in [0.2, 0.25) is 0 Å². The van der Waals surface area contributed by atoms with E-state index in [9.17, 15) is 0 Å². The van der Waals surface area contributed by atoms with E-state index in [-0.39, 0.29) is 0 Å². The van der Waals surface area contributed by atoms with E-state index >= 15 is 0 Å². The molecule has 1 atom stereocenters. The van der Waals surface area contributed by atoms with Crippen molar-refractivity contribution >= 4 is 40.2 Å². The maximum atomic E-state index is 4.52. The zero-order valence-corrected chi connectivity index (χ0v) is 10.9. The van der Waals surface area contributed by atoms with Crippen LogP contribution in [0.25, 0.3) is 0 Å². The summed E-state index contributed by atoms with van der Waals surface area (Å²) in [5, 5.41) is 3.60. The van der Waals surface area contributed by atoms with E-state index < -0.39 is 0 Å². The number of hydrogen-bond acceptors (Lipinski definition) is 4. The maximum absolute atomic E-state index is 4.52. The topological polar surface area (TPSA) is 37.8 Å². The van der Waals surface area contributed by atoms with Crippen LogP contribution in [0.2, 0.25) is 0 Å². The van der Waals surface area contributed by atoms with Crippen LogP contribution in [-0.2, 0) is 0 Å². The molecule has 1 unspecified atom stereocenters. The highest BCUT2D eigenvalue weighted by atomic mass is 127. The molecule has 5 heteroatoms. The lowest BCUT2D eigenvalue weighted by atomic mass is 10.2. The van der Waals surface area contributed by atoms with Crippen LogP contribution in [0.15, 0.2) is 6.20 Å². The third-order valence-corrected chi connectivity index (χ3v) is 4.38. The van der Waals surface area contributed by atoms with Gasteiger partial charge in [-0.1, -0.05) is 0 Å². The first-order valence-electron chi connectivity index (χ1n) is 4.63. The quantitative estimate of drug-likeness (QED) is 0.850. The molecule has 1 saturated heterocycles. The summed E-state index contributed by atoms with van der Waals surface area (Å²) in [7, 11) is 1.90. The first kappa shape index (κ1) is 10.5. The molecule has 0 aliphatic carbocycles. The van der Waals surface area contributed by atoms with Gasteiger partial charge in [0.05, 0.1) is 8.82 Å². The van der Waals surface area contributed by atoms with Crippen molar-refractivity contribution in [3.8, 4) is 0 Å². The molecule has 0 radical (unpaired) electrons. The highest BCUT2D eigenvalue weighted by molar-refractivity contribution is 14.1. The van der Waals surface area contributed by atoms with Crippen LogP contribution < -0.4 is 5.32 Å². The van der Waals surface area contributed by atoms with Gasteiger partial charge < -0.3 is 5.32 Å². The van der Waals surface area contributed by atoms with Crippen LogP contribution in [0.5, 0.6) is 0 Å². The molecule has 3 nitrogen and oxygen atoms in total. The molecule has 0 spiro atoms. The van der Waals surface area contributed by atoms with E-state index in [2.05, 4.69) is 37.9 Å². The Kier molecular flexibility index (Phi) is 3.48. The van der Waals surface area contributed by atoms with Crippen LogP contribution >= 0.6 is 34.4 Å². The van der Waals surface area contributed by atoms with Crippen LogP contribution in [0, 0.1) is 3.57 Å². The molecule has 1 aliphatic heterocycles. The molecule has 14 heavy (non-hydrogen) atoms. The SMILES string of the molecule is CNc1nc(C2CCCS2)ncc1I. The zero-order chi connectivity index (χ0) is 9.97. The van der Waals surface area contributed by atoms with Crippen molar-refractivity contribution in [1.29, 1.82) is 0 Å². The fourth-order valence-electron chi connectivity index (χ4n) is 1.49. The number of nitrogens with zero attached hydrogens (tertiary/aromatic N) is 2. The highest BCUT2D eigenvalue weighted by Crippen LogP contribution is 2.38. The second kappa shape index (κ2) is 4.65. The van der Waals surface area contributed by atoms with E-state index in [1.54, 1.807) is 0 Å². The molecule has 2 rings (SSSR count). The predicted molar refractivity (Wildman–Crippen MR) is 68.7 cm³/mol. The summed E-state index contributed by atoms with van der Waals surface area (Å²) < 4.78 is 1.08. The lowest BCUT2D eigenvalue weighted by Crippen LogP contribution is -2.03. The van der Waals surface area contributed by atoms with Gasteiger partial charge in [0.15, 0.2) is 0 Å². The molecule has 0 amide bonds. The molecule has 0 aromatic carbocycles. The minimum absolute atomic E-state index is 0.513. The van der Waals surface area contributed by atoms with Gasteiger partial charge >= 0.3 is 0 Å². The lowest BCUT2D eigenvalue weighted by molar-refractivity contribution is 0.776. The minimum Gasteiger partial charge on any atom is -0.372 e. The van der Waals surface area contributed by atoms with E-state index in [0.29, 0.717) is 5.25 Å². The van der Waals surface area contributed by atoms with Crippen LogP contribution in [0.3, 0.4) is 0 Å². The van der Waals surface area contributed by atoms with Gasteiger partial charge in [-0.15, -0.1) is 0 Å². The van der Waals surface area contributed by atoms with Crippen molar-refractivity contribution < 1.29 is 0 Å². The number of hydrogen-bond donors (Lipinski definition) is 1. The van der Waals surface area contributed by atoms with E-state index in [1.165, 1.54) is 18.6 Å². The number of halogens is 1. The van der Waals surface area contributed by atoms with Crippen LogP contribution in [-0.4, -0.2) is 22.8 Å². The Labute approximate surface area is 102 Å². The zero-order valence-electron chi connectivity index (χ0n) is 7.96. The number of rotatable bonds is 2. The summed E-state index contributed by atoms with van der Waals surface area (Å²) in [4.78, 5) is 8.91. The fourth-order valence-corrected chi connectivity index (χ4v) is 3.24. The van der Waals surface area contributed by atoms with Crippen molar-refractivity contribution in [1.82, 2.24) is 9.97 Å². The van der Waals surface area contributed by atoms with Gasteiger partial charge in [0, 0.05) is 13.2 Å². The average molecular weight is 321 g/mol. The molecule has 0 saturated carbocycles. The molecular weight excluding hydrogens is 309 g/mol. The van der Waals surface area contributed by atoms with Crippen molar-refractivity contribution in [2.45, 2.75) is 18.1 Å². The highest BCUT2D eigenvalue weighted by Gasteiger charge is 2.20. The Bertz CT molecular complexity index is 326.